The van der Waals surface area contributed by atoms with Crippen LogP contribution in [0.2, 0.25) is 0 Å². The highest BCUT2D eigenvalue weighted by atomic mass is 16.3. The summed E-state index contributed by atoms with van der Waals surface area (Å²) in [5.74, 6) is 0. The molecule has 2 unspecified atom stereocenters. The quantitative estimate of drug-likeness (QED) is 0.763. The molecule has 2 N–H and O–H groups in total. The fourth-order valence-electron chi connectivity index (χ4n) is 1.78. The van der Waals surface area contributed by atoms with Crippen LogP contribution in [0, 0.1) is 0 Å². The molecule has 0 saturated heterocycles. The molecule has 0 bridgehead atoms. The van der Waals surface area contributed by atoms with Crippen molar-refractivity contribution in [2.75, 3.05) is 27.2 Å². The Bertz CT molecular complexity index is 349. The molecule has 104 valence electrons. The van der Waals surface area contributed by atoms with Crippen molar-refractivity contribution in [3.63, 3.8) is 0 Å². The molecule has 18 heavy (non-hydrogen) atoms. The van der Waals surface area contributed by atoms with Gasteiger partial charge in [-0.1, -0.05) is 0 Å². The number of aromatic nitrogens is 2. The lowest BCUT2D eigenvalue weighted by Gasteiger charge is -2.19. The SMILES string of the molecule is CC(NCC(O)CN(C)C)c1cnn(C(C)C)c1. The van der Waals surface area contributed by atoms with E-state index in [1.807, 2.05) is 29.9 Å². The van der Waals surface area contributed by atoms with Gasteiger partial charge in [-0.15, -0.1) is 0 Å². The molecule has 0 fully saturated rings. The smallest absolute Gasteiger partial charge is 0.0791 e. The summed E-state index contributed by atoms with van der Waals surface area (Å²) in [6, 6.07) is 0.583. The second-order valence-corrected chi connectivity index (χ2v) is 5.39. The average molecular weight is 254 g/mol. The van der Waals surface area contributed by atoms with E-state index >= 15 is 0 Å². The Labute approximate surface area is 110 Å². The van der Waals surface area contributed by atoms with Crippen molar-refractivity contribution in [3.05, 3.63) is 18.0 Å². The number of nitrogens with one attached hydrogen (secondary N) is 1. The van der Waals surface area contributed by atoms with Gasteiger partial charge in [0.15, 0.2) is 0 Å². The Morgan fingerprint density at radius 3 is 2.56 bits per heavy atom. The molecule has 0 aliphatic rings. The molecule has 0 aliphatic carbocycles. The molecule has 0 amide bonds. The van der Waals surface area contributed by atoms with Crippen molar-refractivity contribution < 1.29 is 5.11 Å². The third-order valence-electron chi connectivity index (χ3n) is 2.89. The molecule has 1 heterocycles. The summed E-state index contributed by atoms with van der Waals surface area (Å²) < 4.78 is 1.95. The Morgan fingerprint density at radius 2 is 2.06 bits per heavy atom. The van der Waals surface area contributed by atoms with Crippen LogP contribution in [0.25, 0.3) is 0 Å². The second-order valence-electron chi connectivity index (χ2n) is 5.39. The maximum absolute atomic E-state index is 9.78. The number of likely N-dealkylation sites (N-methyl/N-ethyl adjacent to an activating group) is 1. The normalized spacial score (nSPS) is 15.3. The first kappa shape index (κ1) is 15.1. The van der Waals surface area contributed by atoms with Gasteiger partial charge in [0, 0.05) is 36.9 Å². The molecule has 0 radical (unpaired) electrons. The minimum atomic E-state index is -0.345. The van der Waals surface area contributed by atoms with Crippen LogP contribution in [0.4, 0.5) is 0 Å². The topological polar surface area (TPSA) is 53.3 Å². The van der Waals surface area contributed by atoms with Gasteiger partial charge in [-0.05, 0) is 34.9 Å². The molecule has 1 aromatic rings. The van der Waals surface area contributed by atoms with E-state index in [4.69, 9.17) is 0 Å². The molecule has 0 saturated carbocycles. The second kappa shape index (κ2) is 6.87. The Hall–Kier alpha value is -0.910. The highest BCUT2D eigenvalue weighted by Gasteiger charge is 2.11. The van der Waals surface area contributed by atoms with Gasteiger partial charge in [0.1, 0.15) is 0 Å². The first-order valence-electron chi connectivity index (χ1n) is 6.50. The van der Waals surface area contributed by atoms with Crippen molar-refractivity contribution in [2.24, 2.45) is 0 Å². The van der Waals surface area contributed by atoms with Crippen molar-refractivity contribution >= 4 is 0 Å². The molecule has 5 heteroatoms. The fourth-order valence-corrected chi connectivity index (χ4v) is 1.78. The molecule has 5 nitrogen and oxygen atoms in total. The van der Waals surface area contributed by atoms with Crippen LogP contribution in [-0.4, -0.2) is 53.1 Å². The number of nitrogens with zero attached hydrogens (tertiary/aromatic N) is 3. The predicted molar refractivity (Wildman–Crippen MR) is 73.6 cm³/mol. The van der Waals surface area contributed by atoms with E-state index in [-0.39, 0.29) is 12.1 Å². The van der Waals surface area contributed by atoms with Gasteiger partial charge in [-0.25, -0.2) is 0 Å². The van der Waals surface area contributed by atoms with Gasteiger partial charge in [0.05, 0.1) is 12.3 Å². The number of aliphatic hydroxyl groups is 1. The van der Waals surface area contributed by atoms with Crippen molar-refractivity contribution in [1.29, 1.82) is 0 Å². The van der Waals surface area contributed by atoms with Crippen LogP contribution in [0.15, 0.2) is 12.4 Å². The molecular weight excluding hydrogens is 228 g/mol. The van der Waals surface area contributed by atoms with E-state index in [0.717, 1.165) is 5.56 Å². The number of rotatable bonds is 7. The van der Waals surface area contributed by atoms with Gasteiger partial charge in [-0.3, -0.25) is 4.68 Å². The van der Waals surface area contributed by atoms with Crippen molar-refractivity contribution in [2.45, 2.75) is 39.0 Å². The molecular formula is C13H26N4O. The third-order valence-corrected chi connectivity index (χ3v) is 2.89. The summed E-state index contributed by atoms with van der Waals surface area (Å²) >= 11 is 0. The summed E-state index contributed by atoms with van der Waals surface area (Å²) in [4.78, 5) is 1.98. The molecule has 1 aromatic heterocycles. The lowest BCUT2D eigenvalue weighted by molar-refractivity contribution is 0.132. The minimum Gasteiger partial charge on any atom is -0.390 e. The van der Waals surface area contributed by atoms with Crippen LogP contribution in [0.1, 0.15) is 38.4 Å². The lowest BCUT2D eigenvalue weighted by Crippen LogP contribution is -2.35. The van der Waals surface area contributed by atoms with E-state index in [2.05, 4.69) is 37.4 Å². The maximum atomic E-state index is 9.78. The zero-order valence-electron chi connectivity index (χ0n) is 12.1. The molecule has 0 aliphatic heterocycles. The average Bonchev–Trinajstić information content (AvgIpc) is 2.74. The maximum Gasteiger partial charge on any atom is 0.0791 e. The van der Waals surface area contributed by atoms with Gasteiger partial charge in [0.2, 0.25) is 0 Å². The van der Waals surface area contributed by atoms with Gasteiger partial charge < -0.3 is 15.3 Å². The van der Waals surface area contributed by atoms with Crippen LogP contribution < -0.4 is 5.32 Å². The number of aliphatic hydroxyl groups excluding tert-OH is 1. The highest BCUT2D eigenvalue weighted by Crippen LogP contribution is 2.13. The molecule has 2 atom stereocenters. The van der Waals surface area contributed by atoms with Crippen LogP contribution in [0.5, 0.6) is 0 Å². The van der Waals surface area contributed by atoms with E-state index in [1.54, 1.807) is 0 Å². The predicted octanol–water partition coefficient (Wildman–Crippen LogP) is 1.04. The first-order chi connectivity index (χ1) is 8.40. The Kier molecular flexibility index (Phi) is 5.78. The molecule has 0 spiro atoms. The Balaban J connectivity index is 2.42. The summed E-state index contributed by atoms with van der Waals surface area (Å²) in [5, 5.41) is 17.4. The van der Waals surface area contributed by atoms with Crippen LogP contribution in [0.3, 0.4) is 0 Å². The molecule has 1 rings (SSSR count). The van der Waals surface area contributed by atoms with Crippen molar-refractivity contribution in [1.82, 2.24) is 20.0 Å². The van der Waals surface area contributed by atoms with Crippen molar-refractivity contribution in [3.8, 4) is 0 Å². The third kappa shape index (κ3) is 4.76. The Morgan fingerprint density at radius 1 is 1.39 bits per heavy atom. The van der Waals surface area contributed by atoms with E-state index in [1.165, 1.54) is 0 Å². The first-order valence-corrected chi connectivity index (χ1v) is 6.50. The summed E-state index contributed by atoms with van der Waals surface area (Å²) in [7, 11) is 3.92. The van der Waals surface area contributed by atoms with E-state index < -0.39 is 0 Å². The van der Waals surface area contributed by atoms with Gasteiger partial charge in [0.25, 0.3) is 0 Å². The lowest BCUT2D eigenvalue weighted by atomic mass is 10.2. The van der Waals surface area contributed by atoms with E-state index in [9.17, 15) is 5.11 Å². The van der Waals surface area contributed by atoms with E-state index in [0.29, 0.717) is 19.1 Å². The molecule has 0 aromatic carbocycles. The minimum absolute atomic E-state index is 0.203. The monoisotopic (exact) mass is 254 g/mol. The fraction of sp³-hybridized carbons (Fsp3) is 0.769. The zero-order valence-corrected chi connectivity index (χ0v) is 12.1. The van der Waals surface area contributed by atoms with Gasteiger partial charge in [-0.2, -0.15) is 5.10 Å². The largest absolute Gasteiger partial charge is 0.390 e. The van der Waals surface area contributed by atoms with Crippen LogP contribution in [-0.2, 0) is 0 Å². The zero-order chi connectivity index (χ0) is 13.7. The number of hydrogen-bond acceptors (Lipinski definition) is 4. The standard InChI is InChI=1S/C13H26N4O/c1-10(2)17-8-12(6-15-17)11(3)14-7-13(18)9-16(4)5/h6,8,10-11,13-14,18H,7,9H2,1-5H3. The van der Waals surface area contributed by atoms with Gasteiger partial charge >= 0.3 is 0 Å². The summed E-state index contributed by atoms with van der Waals surface area (Å²) in [5.41, 5.74) is 1.15. The summed E-state index contributed by atoms with van der Waals surface area (Å²) in [6.07, 6.45) is 3.60. The highest BCUT2D eigenvalue weighted by molar-refractivity contribution is 5.09. The number of hydrogen-bond donors (Lipinski definition) is 2. The summed E-state index contributed by atoms with van der Waals surface area (Å²) in [6.45, 7) is 7.56. The van der Waals surface area contributed by atoms with Crippen LogP contribution >= 0.6 is 0 Å².